The predicted octanol–water partition coefficient (Wildman–Crippen LogP) is 2.98. The standard InChI is InChI=1S/C18H25F3N2O4/c1-2-3-9-26-10-5-8-22-16(24)12-27-13-17(25)23-15-7-4-6-14(11-15)18(19,20)21/h4,6-7,11H,2-3,5,8-10,12-13H2,1H3,(H,22,24)(H,23,25). The summed E-state index contributed by atoms with van der Waals surface area (Å²) in [5.74, 6) is -1.03. The Balaban J connectivity index is 2.17. The number of anilines is 1. The molecule has 0 unspecified atom stereocenters. The molecule has 2 amide bonds. The monoisotopic (exact) mass is 390 g/mol. The summed E-state index contributed by atoms with van der Waals surface area (Å²) < 4.78 is 48.1. The zero-order valence-electron chi connectivity index (χ0n) is 15.2. The fourth-order valence-corrected chi connectivity index (χ4v) is 2.01. The number of carbonyl (C=O) groups excluding carboxylic acids is 2. The fraction of sp³-hybridized carbons (Fsp3) is 0.556. The highest BCUT2D eigenvalue weighted by Crippen LogP contribution is 2.30. The highest BCUT2D eigenvalue weighted by Gasteiger charge is 2.30. The van der Waals surface area contributed by atoms with Gasteiger partial charge in [0, 0.05) is 25.4 Å². The van der Waals surface area contributed by atoms with Crippen molar-refractivity contribution < 1.29 is 32.2 Å². The highest BCUT2D eigenvalue weighted by atomic mass is 19.4. The van der Waals surface area contributed by atoms with Crippen molar-refractivity contribution in [3.05, 3.63) is 29.8 Å². The maximum Gasteiger partial charge on any atom is 0.416 e. The molecule has 0 radical (unpaired) electrons. The van der Waals surface area contributed by atoms with Gasteiger partial charge in [-0.25, -0.2) is 0 Å². The molecule has 0 saturated carbocycles. The Bertz CT molecular complexity index is 594. The minimum absolute atomic E-state index is 0.00551. The van der Waals surface area contributed by atoms with Gasteiger partial charge < -0.3 is 20.1 Å². The number of carbonyl (C=O) groups is 2. The van der Waals surface area contributed by atoms with Crippen LogP contribution in [-0.4, -0.2) is 44.8 Å². The summed E-state index contributed by atoms with van der Waals surface area (Å²) in [5, 5.41) is 4.91. The third-order valence-corrected chi connectivity index (χ3v) is 3.37. The number of rotatable bonds is 12. The van der Waals surface area contributed by atoms with Crippen LogP contribution in [0.2, 0.25) is 0 Å². The third-order valence-electron chi connectivity index (χ3n) is 3.37. The van der Waals surface area contributed by atoms with Gasteiger partial charge in [-0.05, 0) is 31.0 Å². The first-order valence-corrected chi connectivity index (χ1v) is 8.72. The molecule has 6 nitrogen and oxygen atoms in total. The number of halogens is 3. The van der Waals surface area contributed by atoms with Crippen LogP contribution in [0.4, 0.5) is 18.9 Å². The Morgan fingerprint density at radius 3 is 2.44 bits per heavy atom. The van der Waals surface area contributed by atoms with Gasteiger partial charge in [-0.3, -0.25) is 9.59 Å². The van der Waals surface area contributed by atoms with E-state index in [4.69, 9.17) is 9.47 Å². The normalized spacial score (nSPS) is 11.3. The number of unbranched alkanes of at least 4 members (excludes halogenated alkanes) is 1. The van der Waals surface area contributed by atoms with E-state index in [2.05, 4.69) is 17.6 Å². The van der Waals surface area contributed by atoms with Gasteiger partial charge in [-0.15, -0.1) is 0 Å². The van der Waals surface area contributed by atoms with Crippen LogP contribution in [0.3, 0.4) is 0 Å². The minimum atomic E-state index is -4.49. The summed E-state index contributed by atoms with van der Waals surface area (Å²) >= 11 is 0. The van der Waals surface area contributed by atoms with Gasteiger partial charge in [0.15, 0.2) is 0 Å². The second kappa shape index (κ2) is 12.3. The van der Waals surface area contributed by atoms with E-state index in [1.165, 1.54) is 12.1 Å². The van der Waals surface area contributed by atoms with Gasteiger partial charge in [0.25, 0.3) is 0 Å². The first-order valence-electron chi connectivity index (χ1n) is 8.72. The molecule has 1 aromatic carbocycles. The number of nitrogens with one attached hydrogen (secondary N) is 2. The van der Waals surface area contributed by atoms with E-state index >= 15 is 0 Å². The van der Waals surface area contributed by atoms with Gasteiger partial charge in [0.05, 0.1) is 5.56 Å². The summed E-state index contributed by atoms with van der Waals surface area (Å²) in [6.45, 7) is 3.01. The van der Waals surface area contributed by atoms with Crippen molar-refractivity contribution in [1.29, 1.82) is 0 Å². The molecule has 0 heterocycles. The molecule has 0 saturated heterocycles. The molecule has 0 fully saturated rings. The molecule has 0 spiro atoms. The van der Waals surface area contributed by atoms with Crippen LogP contribution in [0.25, 0.3) is 0 Å². The van der Waals surface area contributed by atoms with Crippen LogP contribution in [0, 0.1) is 0 Å². The van der Waals surface area contributed by atoms with Crippen LogP contribution < -0.4 is 10.6 Å². The second-order valence-corrected chi connectivity index (χ2v) is 5.79. The topological polar surface area (TPSA) is 76.7 Å². The summed E-state index contributed by atoms with van der Waals surface area (Å²) in [7, 11) is 0. The molecule has 0 atom stereocenters. The van der Waals surface area contributed by atoms with Gasteiger partial charge >= 0.3 is 6.18 Å². The van der Waals surface area contributed by atoms with Crippen LogP contribution in [0.15, 0.2) is 24.3 Å². The quantitative estimate of drug-likeness (QED) is 0.538. The third kappa shape index (κ3) is 10.6. The maximum atomic E-state index is 12.6. The molecular weight excluding hydrogens is 365 g/mol. The lowest BCUT2D eigenvalue weighted by molar-refractivity contribution is -0.137. The fourth-order valence-electron chi connectivity index (χ4n) is 2.01. The molecule has 1 aromatic rings. The van der Waals surface area contributed by atoms with Gasteiger partial charge in [0.1, 0.15) is 13.2 Å². The molecule has 152 valence electrons. The van der Waals surface area contributed by atoms with Crippen LogP contribution in [0.5, 0.6) is 0 Å². The summed E-state index contributed by atoms with van der Waals surface area (Å²) in [4.78, 5) is 23.2. The molecule has 27 heavy (non-hydrogen) atoms. The lowest BCUT2D eigenvalue weighted by Gasteiger charge is -2.10. The van der Waals surface area contributed by atoms with Crippen molar-refractivity contribution >= 4 is 17.5 Å². The number of amides is 2. The minimum Gasteiger partial charge on any atom is -0.381 e. The number of hydrogen-bond acceptors (Lipinski definition) is 4. The highest BCUT2D eigenvalue weighted by molar-refractivity contribution is 5.92. The van der Waals surface area contributed by atoms with Crippen molar-refractivity contribution in [2.75, 3.05) is 38.3 Å². The average molecular weight is 390 g/mol. The summed E-state index contributed by atoms with van der Waals surface area (Å²) in [5.41, 5.74) is -0.856. The lowest BCUT2D eigenvalue weighted by atomic mass is 10.2. The van der Waals surface area contributed by atoms with E-state index in [1.54, 1.807) is 0 Å². The number of ether oxygens (including phenoxy) is 2. The Kier molecular flexibility index (Phi) is 10.4. The Labute approximate surface area is 156 Å². The molecule has 1 rings (SSSR count). The average Bonchev–Trinajstić information content (AvgIpc) is 2.60. The first kappa shape index (κ1) is 22.9. The Morgan fingerprint density at radius 2 is 1.74 bits per heavy atom. The van der Waals surface area contributed by atoms with Crippen LogP contribution in [0.1, 0.15) is 31.7 Å². The molecule has 0 aliphatic heterocycles. The van der Waals surface area contributed by atoms with E-state index in [-0.39, 0.29) is 18.2 Å². The van der Waals surface area contributed by atoms with Gasteiger partial charge in [0.2, 0.25) is 11.8 Å². The van der Waals surface area contributed by atoms with Crippen molar-refractivity contribution in [3.63, 3.8) is 0 Å². The van der Waals surface area contributed by atoms with E-state index in [0.29, 0.717) is 26.2 Å². The van der Waals surface area contributed by atoms with E-state index in [0.717, 1.165) is 25.0 Å². The second-order valence-electron chi connectivity index (χ2n) is 5.79. The largest absolute Gasteiger partial charge is 0.416 e. The van der Waals surface area contributed by atoms with Crippen molar-refractivity contribution in [3.8, 4) is 0 Å². The predicted molar refractivity (Wildman–Crippen MR) is 94.2 cm³/mol. The van der Waals surface area contributed by atoms with Crippen LogP contribution in [-0.2, 0) is 25.2 Å². The van der Waals surface area contributed by atoms with Crippen LogP contribution >= 0.6 is 0 Å². The van der Waals surface area contributed by atoms with Crippen molar-refractivity contribution in [2.24, 2.45) is 0 Å². The van der Waals surface area contributed by atoms with Crippen molar-refractivity contribution in [2.45, 2.75) is 32.4 Å². The zero-order valence-corrected chi connectivity index (χ0v) is 15.2. The molecule has 2 N–H and O–H groups in total. The summed E-state index contributed by atoms with van der Waals surface area (Å²) in [6.07, 6.45) is -1.75. The van der Waals surface area contributed by atoms with Gasteiger partial charge in [-0.2, -0.15) is 13.2 Å². The molecule has 0 aromatic heterocycles. The first-order chi connectivity index (χ1) is 12.8. The molecular formula is C18H25F3N2O4. The summed E-state index contributed by atoms with van der Waals surface area (Å²) in [6, 6.07) is 4.26. The zero-order chi connectivity index (χ0) is 20.1. The number of hydrogen-bond donors (Lipinski definition) is 2. The Hall–Kier alpha value is -2.13. The molecule has 9 heteroatoms. The van der Waals surface area contributed by atoms with E-state index in [9.17, 15) is 22.8 Å². The smallest absolute Gasteiger partial charge is 0.381 e. The maximum absolute atomic E-state index is 12.6. The van der Waals surface area contributed by atoms with E-state index in [1.807, 2.05) is 0 Å². The SMILES string of the molecule is CCCCOCCCNC(=O)COCC(=O)Nc1cccc(C(F)(F)F)c1. The Morgan fingerprint density at radius 1 is 1.04 bits per heavy atom. The van der Waals surface area contributed by atoms with Crippen molar-refractivity contribution in [1.82, 2.24) is 5.32 Å². The lowest BCUT2D eigenvalue weighted by Crippen LogP contribution is -2.30. The molecule has 0 bridgehead atoms. The van der Waals surface area contributed by atoms with E-state index < -0.39 is 24.3 Å². The molecule has 0 aliphatic carbocycles. The number of benzene rings is 1. The van der Waals surface area contributed by atoms with Gasteiger partial charge in [-0.1, -0.05) is 19.4 Å². The number of alkyl halides is 3. The molecule has 0 aliphatic rings.